The molecule has 9 aromatic rings. The number of furan rings is 1. The van der Waals surface area contributed by atoms with Crippen LogP contribution < -0.4 is 0 Å². The fourth-order valence-corrected chi connectivity index (χ4v) is 8.24. The summed E-state index contributed by atoms with van der Waals surface area (Å²) >= 11 is 0. The van der Waals surface area contributed by atoms with Crippen LogP contribution in [0, 0.1) is 11.3 Å². The van der Waals surface area contributed by atoms with Crippen LogP contribution in [0.4, 0.5) is 0 Å². The van der Waals surface area contributed by atoms with Crippen LogP contribution in [0.3, 0.4) is 0 Å². The van der Waals surface area contributed by atoms with Crippen molar-refractivity contribution in [2.45, 2.75) is 5.41 Å². The number of rotatable bonds is 5. The molecule has 0 radical (unpaired) electrons. The van der Waals surface area contributed by atoms with Gasteiger partial charge in [-0.05, 0) is 81.4 Å². The van der Waals surface area contributed by atoms with Gasteiger partial charge in [-0.3, -0.25) is 4.57 Å². The number of hydrogen-bond acceptors (Lipinski definition) is 3. The Morgan fingerprint density at radius 3 is 2.02 bits per heavy atom. The van der Waals surface area contributed by atoms with Crippen LogP contribution in [0.1, 0.15) is 27.8 Å². The van der Waals surface area contributed by atoms with Crippen molar-refractivity contribution >= 4 is 22.0 Å². The first-order valence-corrected chi connectivity index (χ1v) is 17.1. The van der Waals surface area contributed by atoms with Gasteiger partial charge in [0.15, 0.2) is 0 Å². The second-order valence-corrected chi connectivity index (χ2v) is 13.0. The summed E-state index contributed by atoms with van der Waals surface area (Å²) in [5.74, 6) is 0.905. The van der Waals surface area contributed by atoms with Gasteiger partial charge in [-0.25, -0.2) is 4.98 Å². The first-order valence-electron chi connectivity index (χ1n) is 17.1. The predicted octanol–water partition coefficient (Wildman–Crippen LogP) is 11.3. The smallest absolute Gasteiger partial charge is 0.145 e. The molecule has 1 unspecified atom stereocenters. The number of hydrogen-bond donors (Lipinski definition) is 0. The Balaban J connectivity index is 1.22. The van der Waals surface area contributed by atoms with E-state index in [0.717, 1.165) is 50.2 Å². The summed E-state index contributed by atoms with van der Waals surface area (Å²) in [5.41, 5.74) is 14.2. The van der Waals surface area contributed by atoms with Gasteiger partial charge in [0.1, 0.15) is 11.4 Å². The minimum atomic E-state index is -0.585. The minimum Gasteiger partial charge on any atom is -0.464 e. The Hall–Kier alpha value is -6.96. The van der Waals surface area contributed by atoms with Crippen molar-refractivity contribution in [1.82, 2.24) is 9.55 Å². The molecule has 0 bridgehead atoms. The predicted molar refractivity (Wildman–Crippen MR) is 204 cm³/mol. The average Bonchev–Trinajstić information content (AvgIpc) is 3.90. The zero-order valence-electron chi connectivity index (χ0n) is 27.5. The van der Waals surface area contributed by atoms with Crippen molar-refractivity contribution in [3.05, 3.63) is 204 Å². The maximum Gasteiger partial charge on any atom is 0.145 e. The first-order chi connectivity index (χ1) is 25.3. The maximum atomic E-state index is 9.45. The van der Waals surface area contributed by atoms with Gasteiger partial charge in [0, 0.05) is 22.2 Å². The lowest BCUT2D eigenvalue weighted by molar-refractivity contribution is 0.616. The maximum absolute atomic E-state index is 9.45. The molecule has 10 rings (SSSR count). The number of benzene rings is 7. The lowest BCUT2D eigenvalue weighted by atomic mass is 9.67. The molecule has 1 aliphatic rings. The number of para-hydroxylation sites is 3. The van der Waals surface area contributed by atoms with Gasteiger partial charge < -0.3 is 4.42 Å². The van der Waals surface area contributed by atoms with Gasteiger partial charge in [-0.2, -0.15) is 5.26 Å². The zero-order valence-corrected chi connectivity index (χ0v) is 27.5. The largest absolute Gasteiger partial charge is 0.464 e. The Morgan fingerprint density at radius 1 is 0.569 bits per heavy atom. The van der Waals surface area contributed by atoms with Gasteiger partial charge in [-0.1, -0.05) is 127 Å². The van der Waals surface area contributed by atoms with Gasteiger partial charge >= 0.3 is 0 Å². The summed E-state index contributed by atoms with van der Waals surface area (Å²) in [6.07, 6.45) is 1.85. The van der Waals surface area contributed by atoms with Crippen molar-refractivity contribution in [3.8, 4) is 45.4 Å². The van der Waals surface area contributed by atoms with E-state index in [1.54, 1.807) is 0 Å². The van der Waals surface area contributed by atoms with E-state index in [2.05, 4.69) is 144 Å². The lowest BCUT2D eigenvalue weighted by Crippen LogP contribution is -2.28. The molecule has 4 heteroatoms. The van der Waals surface area contributed by atoms with Gasteiger partial charge in [0.05, 0.1) is 34.3 Å². The van der Waals surface area contributed by atoms with Crippen LogP contribution in [0.15, 0.2) is 181 Å². The molecule has 0 fully saturated rings. The van der Waals surface area contributed by atoms with Crippen LogP contribution >= 0.6 is 0 Å². The zero-order chi connectivity index (χ0) is 33.9. The highest BCUT2D eigenvalue weighted by atomic mass is 16.3. The van der Waals surface area contributed by atoms with Crippen molar-refractivity contribution < 1.29 is 4.42 Å². The number of nitriles is 1. The molecule has 0 spiro atoms. The van der Waals surface area contributed by atoms with Crippen LogP contribution in [0.2, 0.25) is 0 Å². The van der Waals surface area contributed by atoms with Gasteiger partial charge in [0.2, 0.25) is 0 Å². The summed E-state index contributed by atoms with van der Waals surface area (Å²) in [4.78, 5) is 5.15. The number of aromatic nitrogens is 2. The standard InChI is InChI=1S/C47H29N3O/c48-29-31-19-21-32(22-20-31)38-30-51-43-28-27-40-44(45(38)43)37-15-7-8-16-39(37)47(40,34-11-3-1-4-12-34)35-25-23-33(24-26-35)46-49-41-17-9-10-18-42(41)50(46)36-13-5-2-6-14-36/h1-28,30H. The second kappa shape index (κ2) is 11.3. The Bertz CT molecular complexity index is 2790. The van der Waals surface area contributed by atoms with Crippen molar-refractivity contribution in [2.24, 2.45) is 0 Å². The minimum absolute atomic E-state index is 0.585. The number of imidazole rings is 1. The number of nitrogens with zero attached hydrogens (tertiary/aromatic N) is 3. The molecule has 51 heavy (non-hydrogen) atoms. The highest BCUT2D eigenvalue weighted by molar-refractivity contribution is 6.09. The molecule has 1 aliphatic carbocycles. The molecular formula is C47H29N3O. The van der Waals surface area contributed by atoms with E-state index >= 15 is 0 Å². The Labute approximate surface area is 295 Å². The summed E-state index contributed by atoms with van der Waals surface area (Å²) in [6, 6.07) is 61.8. The highest BCUT2D eigenvalue weighted by Gasteiger charge is 2.47. The fourth-order valence-electron chi connectivity index (χ4n) is 8.24. The summed E-state index contributed by atoms with van der Waals surface area (Å²) in [6.45, 7) is 0. The van der Waals surface area contributed by atoms with E-state index in [1.807, 2.05) is 42.7 Å². The van der Waals surface area contributed by atoms with Crippen LogP contribution in [0.5, 0.6) is 0 Å². The molecule has 238 valence electrons. The van der Waals surface area contributed by atoms with Crippen LogP contribution in [-0.2, 0) is 5.41 Å². The normalized spacial score (nSPS) is 14.7. The molecule has 7 aromatic carbocycles. The number of fused-ring (bicyclic) bond motifs is 6. The average molecular weight is 652 g/mol. The molecule has 0 N–H and O–H groups in total. The van der Waals surface area contributed by atoms with E-state index < -0.39 is 5.41 Å². The third-order valence-electron chi connectivity index (χ3n) is 10.4. The molecule has 0 amide bonds. The molecule has 2 aromatic heterocycles. The lowest BCUT2D eigenvalue weighted by Gasteiger charge is -2.34. The van der Waals surface area contributed by atoms with E-state index in [0.29, 0.717) is 5.56 Å². The first kappa shape index (κ1) is 29.0. The van der Waals surface area contributed by atoms with Crippen LogP contribution in [0.25, 0.3) is 61.3 Å². The molecule has 0 saturated heterocycles. The van der Waals surface area contributed by atoms with E-state index in [9.17, 15) is 5.26 Å². The monoisotopic (exact) mass is 651 g/mol. The topological polar surface area (TPSA) is 54.8 Å². The van der Waals surface area contributed by atoms with E-state index in [-0.39, 0.29) is 0 Å². The summed E-state index contributed by atoms with van der Waals surface area (Å²) in [5, 5.41) is 10.5. The van der Waals surface area contributed by atoms with Crippen LogP contribution in [-0.4, -0.2) is 9.55 Å². The molecule has 2 heterocycles. The highest BCUT2D eigenvalue weighted by Crippen LogP contribution is 2.59. The Kier molecular flexibility index (Phi) is 6.43. The van der Waals surface area contributed by atoms with Gasteiger partial charge in [0.25, 0.3) is 0 Å². The molecule has 0 aliphatic heterocycles. The second-order valence-electron chi connectivity index (χ2n) is 13.0. The van der Waals surface area contributed by atoms with Gasteiger partial charge in [-0.15, -0.1) is 0 Å². The Morgan fingerprint density at radius 2 is 1.24 bits per heavy atom. The molecule has 4 nitrogen and oxygen atoms in total. The molecule has 1 atom stereocenters. The van der Waals surface area contributed by atoms with E-state index in [4.69, 9.17) is 9.40 Å². The van der Waals surface area contributed by atoms with Crippen molar-refractivity contribution in [1.29, 1.82) is 5.26 Å². The SMILES string of the molecule is N#Cc1ccc(-c2coc3ccc4c(c23)-c2ccccc2C4(c2ccccc2)c2ccc(-c3nc4ccccc4n3-c3ccccc3)cc2)cc1. The van der Waals surface area contributed by atoms with E-state index in [1.165, 1.54) is 33.4 Å². The summed E-state index contributed by atoms with van der Waals surface area (Å²) < 4.78 is 8.49. The van der Waals surface area contributed by atoms with Crippen molar-refractivity contribution in [3.63, 3.8) is 0 Å². The molecular weight excluding hydrogens is 623 g/mol. The summed E-state index contributed by atoms with van der Waals surface area (Å²) in [7, 11) is 0. The molecule has 0 saturated carbocycles. The third-order valence-corrected chi connectivity index (χ3v) is 10.4. The quantitative estimate of drug-likeness (QED) is 0.186. The fraction of sp³-hybridized carbons (Fsp3) is 0.0213. The third kappa shape index (κ3) is 4.22. The van der Waals surface area contributed by atoms with Crippen molar-refractivity contribution in [2.75, 3.05) is 0 Å².